The molecule has 0 radical (unpaired) electrons. The average molecular weight is 513 g/mol. The molecule has 0 unspecified atom stereocenters. The van der Waals surface area contributed by atoms with Crippen LogP contribution in [0.3, 0.4) is 0 Å². The normalized spacial score (nSPS) is 14.3. The van der Waals surface area contributed by atoms with Crippen molar-refractivity contribution < 1.29 is 23.4 Å². The van der Waals surface area contributed by atoms with Gasteiger partial charge in [-0.15, -0.1) is 0 Å². The summed E-state index contributed by atoms with van der Waals surface area (Å²) in [5, 5.41) is 3.25. The molecular formula is C26H22ClFN2O4S. The van der Waals surface area contributed by atoms with Gasteiger partial charge >= 0.3 is 0 Å². The summed E-state index contributed by atoms with van der Waals surface area (Å²) in [5.74, 6) is 0.960. The van der Waals surface area contributed by atoms with E-state index < -0.39 is 5.82 Å². The summed E-state index contributed by atoms with van der Waals surface area (Å²) in [6.07, 6.45) is 1.71. The van der Waals surface area contributed by atoms with Gasteiger partial charge in [0.2, 0.25) is 0 Å². The van der Waals surface area contributed by atoms with Crippen molar-refractivity contribution in [3.8, 4) is 17.2 Å². The molecule has 1 aliphatic rings. The molecular weight excluding hydrogens is 491 g/mol. The quantitative estimate of drug-likeness (QED) is 0.307. The van der Waals surface area contributed by atoms with E-state index in [4.69, 9.17) is 38.0 Å². The van der Waals surface area contributed by atoms with Crippen molar-refractivity contribution in [2.45, 2.75) is 13.5 Å². The molecule has 0 bridgehead atoms. The minimum absolute atomic E-state index is 0.0215. The molecule has 0 atom stereocenters. The lowest BCUT2D eigenvalue weighted by Crippen LogP contribution is -2.30. The Balaban J connectivity index is 1.54. The fraction of sp³-hybridized carbons (Fsp3) is 0.154. The Labute approximate surface area is 212 Å². The summed E-state index contributed by atoms with van der Waals surface area (Å²) in [5.41, 5.74) is 2.46. The Hall–Kier alpha value is -3.62. The van der Waals surface area contributed by atoms with E-state index in [-0.39, 0.29) is 22.6 Å². The lowest BCUT2D eigenvalue weighted by molar-refractivity contribution is -0.113. The molecule has 0 aromatic heterocycles. The minimum atomic E-state index is -0.517. The highest BCUT2D eigenvalue weighted by Crippen LogP contribution is 2.28. The number of benzene rings is 3. The molecule has 180 valence electrons. The van der Waals surface area contributed by atoms with Crippen molar-refractivity contribution in [1.29, 1.82) is 0 Å². The molecule has 1 aliphatic heterocycles. The number of thiocarbonyl (C=S) groups is 1. The van der Waals surface area contributed by atoms with Gasteiger partial charge in [0.05, 0.1) is 24.4 Å². The molecule has 1 amide bonds. The van der Waals surface area contributed by atoms with Gasteiger partial charge in [-0.25, -0.2) is 4.39 Å². The van der Waals surface area contributed by atoms with E-state index in [1.807, 2.05) is 19.1 Å². The highest BCUT2D eigenvalue weighted by molar-refractivity contribution is 7.80. The van der Waals surface area contributed by atoms with Crippen LogP contribution in [0.4, 0.5) is 10.1 Å². The smallest absolute Gasteiger partial charge is 0.281 e. The maximum atomic E-state index is 13.4. The van der Waals surface area contributed by atoms with Crippen LogP contribution in [0.15, 0.2) is 66.4 Å². The van der Waals surface area contributed by atoms with Gasteiger partial charge in [0.1, 0.15) is 35.4 Å². The third-order valence-corrected chi connectivity index (χ3v) is 5.76. The zero-order chi connectivity index (χ0) is 24.9. The first kappa shape index (κ1) is 24.5. The third kappa shape index (κ3) is 5.55. The number of halogens is 2. The predicted octanol–water partition coefficient (Wildman–Crippen LogP) is 5.73. The van der Waals surface area contributed by atoms with E-state index in [0.717, 1.165) is 11.1 Å². The predicted molar refractivity (Wildman–Crippen MR) is 138 cm³/mol. The van der Waals surface area contributed by atoms with E-state index >= 15 is 0 Å². The van der Waals surface area contributed by atoms with Gasteiger partial charge in [0, 0.05) is 11.6 Å². The number of anilines is 1. The molecule has 6 nitrogen and oxygen atoms in total. The molecule has 3 aromatic carbocycles. The Kier molecular flexibility index (Phi) is 7.53. The summed E-state index contributed by atoms with van der Waals surface area (Å²) in [6, 6.07) is 16.7. The number of hydrogen-bond acceptors (Lipinski definition) is 5. The highest BCUT2D eigenvalue weighted by atomic mass is 35.5. The number of carbonyl (C=O) groups excluding carboxylic acids is 1. The number of amides is 1. The van der Waals surface area contributed by atoms with E-state index in [1.54, 1.807) is 43.5 Å². The average Bonchev–Trinajstić information content (AvgIpc) is 3.13. The number of hydrogen-bond donors (Lipinski definition) is 1. The topological polar surface area (TPSA) is 60.0 Å². The SMILES string of the molecule is CCOc1ccc(N2C(=O)/C(=C\c3ccc(OC)c(COc4ccc(F)c(Cl)c4)c3)NC2=S)cc1. The molecule has 3 aromatic rings. The highest BCUT2D eigenvalue weighted by Gasteiger charge is 2.32. The first-order valence-electron chi connectivity index (χ1n) is 10.7. The Morgan fingerprint density at radius 1 is 1.06 bits per heavy atom. The molecule has 0 saturated carbocycles. The number of rotatable bonds is 8. The second-order valence-corrected chi connectivity index (χ2v) is 8.29. The maximum Gasteiger partial charge on any atom is 0.281 e. The summed E-state index contributed by atoms with van der Waals surface area (Å²) >= 11 is 11.2. The van der Waals surface area contributed by atoms with Crippen molar-refractivity contribution >= 4 is 46.6 Å². The summed E-state index contributed by atoms with van der Waals surface area (Å²) in [4.78, 5) is 14.5. The zero-order valence-electron chi connectivity index (χ0n) is 19.0. The zero-order valence-corrected chi connectivity index (χ0v) is 20.6. The molecule has 1 heterocycles. The fourth-order valence-corrected chi connectivity index (χ4v) is 3.99. The Morgan fingerprint density at radius 3 is 2.49 bits per heavy atom. The van der Waals surface area contributed by atoms with Crippen LogP contribution in [0.25, 0.3) is 6.08 Å². The van der Waals surface area contributed by atoms with Gasteiger partial charge in [-0.2, -0.15) is 0 Å². The van der Waals surface area contributed by atoms with Gasteiger partial charge < -0.3 is 19.5 Å². The van der Waals surface area contributed by atoms with E-state index in [0.29, 0.717) is 35.2 Å². The molecule has 9 heteroatoms. The van der Waals surface area contributed by atoms with E-state index in [9.17, 15) is 9.18 Å². The van der Waals surface area contributed by atoms with Gasteiger partial charge in [-0.3, -0.25) is 9.69 Å². The number of nitrogens with zero attached hydrogens (tertiary/aromatic N) is 1. The van der Waals surface area contributed by atoms with Crippen LogP contribution in [0, 0.1) is 5.82 Å². The van der Waals surface area contributed by atoms with Crippen LogP contribution in [0.2, 0.25) is 5.02 Å². The summed E-state index contributed by atoms with van der Waals surface area (Å²) in [6.45, 7) is 2.62. The molecule has 1 fully saturated rings. The van der Waals surface area contributed by atoms with Crippen molar-refractivity contribution in [3.63, 3.8) is 0 Å². The summed E-state index contributed by atoms with van der Waals surface area (Å²) < 4.78 is 30.1. The van der Waals surface area contributed by atoms with Crippen LogP contribution in [0.5, 0.6) is 17.2 Å². The Bertz CT molecular complexity index is 1300. The van der Waals surface area contributed by atoms with E-state index in [1.165, 1.54) is 23.1 Å². The molecule has 4 rings (SSSR count). The largest absolute Gasteiger partial charge is 0.496 e. The van der Waals surface area contributed by atoms with Crippen molar-refractivity contribution in [2.75, 3.05) is 18.6 Å². The van der Waals surface area contributed by atoms with Gasteiger partial charge in [0.15, 0.2) is 5.11 Å². The van der Waals surface area contributed by atoms with Crippen LogP contribution < -0.4 is 24.4 Å². The first-order valence-corrected chi connectivity index (χ1v) is 11.5. The van der Waals surface area contributed by atoms with Gasteiger partial charge in [-0.05, 0) is 79.3 Å². The van der Waals surface area contributed by atoms with Crippen LogP contribution in [-0.2, 0) is 11.4 Å². The second-order valence-electron chi connectivity index (χ2n) is 7.49. The molecule has 1 saturated heterocycles. The maximum absolute atomic E-state index is 13.4. The van der Waals surface area contributed by atoms with Gasteiger partial charge in [-0.1, -0.05) is 17.7 Å². The second kappa shape index (κ2) is 10.8. The molecule has 1 N–H and O–H groups in total. The van der Waals surface area contributed by atoms with Crippen LogP contribution >= 0.6 is 23.8 Å². The summed E-state index contributed by atoms with van der Waals surface area (Å²) in [7, 11) is 1.56. The lowest BCUT2D eigenvalue weighted by atomic mass is 10.1. The molecule has 35 heavy (non-hydrogen) atoms. The van der Waals surface area contributed by atoms with Crippen molar-refractivity contribution in [1.82, 2.24) is 5.32 Å². The number of methoxy groups -OCH3 is 1. The van der Waals surface area contributed by atoms with Crippen molar-refractivity contribution in [3.05, 3.63) is 88.3 Å². The van der Waals surface area contributed by atoms with E-state index in [2.05, 4.69) is 5.32 Å². The van der Waals surface area contributed by atoms with Gasteiger partial charge in [0.25, 0.3) is 5.91 Å². The first-order chi connectivity index (χ1) is 16.9. The van der Waals surface area contributed by atoms with Crippen LogP contribution in [-0.4, -0.2) is 24.7 Å². The number of ether oxygens (including phenoxy) is 3. The Morgan fingerprint density at radius 2 is 1.80 bits per heavy atom. The third-order valence-electron chi connectivity index (χ3n) is 5.18. The standard InChI is InChI=1S/C26H22ClFN2O4S/c1-3-33-19-7-5-18(6-8-19)30-25(31)23(29-26(30)35)13-16-4-11-24(32-2)17(12-16)15-34-20-9-10-22(28)21(27)14-20/h4-14H,3,15H2,1-2H3,(H,29,35)/b23-13+. The molecule has 0 aliphatic carbocycles. The number of nitrogens with one attached hydrogen (secondary N) is 1. The van der Waals surface area contributed by atoms with Crippen LogP contribution in [0.1, 0.15) is 18.1 Å². The monoisotopic (exact) mass is 512 g/mol. The fourth-order valence-electron chi connectivity index (χ4n) is 3.52. The lowest BCUT2D eigenvalue weighted by Gasteiger charge is -2.14. The van der Waals surface area contributed by atoms with Crippen molar-refractivity contribution in [2.24, 2.45) is 0 Å². The number of carbonyl (C=O) groups is 1. The minimum Gasteiger partial charge on any atom is -0.496 e. The molecule has 0 spiro atoms.